The van der Waals surface area contributed by atoms with Crippen molar-refractivity contribution in [3.63, 3.8) is 0 Å². The van der Waals surface area contributed by atoms with E-state index in [4.69, 9.17) is 9.90 Å². The first-order valence-electron chi connectivity index (χ1n) is 16.6. The van der Waals surface area contributed by atoms with E-state index in [0.717, 1.165) is 55.8 Å². The molecule has 0 aromatic carbocycles. The molecule has 9 heteroatoms. The van der Waals surface area contributed by atoms with Gasteiger partial charge in [0.1, 0.15) is 6.04 Å². The number of piperidine rings is 1. The van der Waals surface area contributed by atoms with Crippen LogP contribution in [-0.4, -0.2) is 70.4 Å². The number of allylic oxidation sites excluding steroid dienone is 2. The fourth-order valence-electron chi connectivity index (χ4n) is 5.06. The van der Waals surface area contributed by atoms with Crippen molar-refractivity contribution in [2.45, 2.75) is 138 Å². The maximum Gasteiger partial charge on any atom is 0.290 e. The molecule has 3 atom stereocenters. The highest BCUT2D eigenvalue weighted by atomic mass is 32.1. The van der Waals surface area contributed by atoms with E-state index in [1.807, 2.05) is 33.2 Å². The van der Waals surface area contributed by atoms with E-state index in [0.29, 0.717) is 6.54 Å². The van der Waals surface area contributed by atoms with Crippen molar-refractivity contribution in [1.82, 2.24) is 20.1 Å². The molecule has 2 N–H and O–H groups in total. The molecule has 2 fully saturated rings. The summed E-state index contributed by atoms with van der Waals surface area (Å²) in [4.78, 5) is 42.7. The van der Waals surface area contributed by atoms with Crippen molar-refractivity contribution in [3.05, 3.63) is 40.0 Å². The fourth-order valence-corrected chi connectivity index (χ4v) is 5.88. The highest BCUT2D eigenvalue weighted by molar-refractivity contribution is 7.09. The minimum Gasteiger partial charge on any atom is -0.483 e. The second-order valence-corrected chi connectivity index (χ2v) is 12.8. The third-order valence-corrected chi connectivity index (χ3v) is 9.02. The van der Waals surface area contributed by atoms with E-state index in [-0.39, 0.29) is 30.2 Å². The standard InChI is InChI=1S/C22H36N4O2S.C9H16.C3H8.CH2O2/c1-6-16(3)20(24-21(27)18-11-8-9-13-25(18)5)22(28)26(7-2)14-10-12-19-23-17(4)15-29-19;1-3-5-8(2)9-6-4-7-9;1-3-2;2-1-3/h7,15-16,18,20H,2,6,8-14H2,1,3-5H3,(H,24,27);3-7H2,1-2H3;3H2,1-2H3;1H,(H,2,3). The number of nitrogens with one attached hydrogen (secondary N) is 1. The first kappa shape index (κ1) is 41.5. The van der Waals surface area contributed by atoms with Crippen LogP contribution in [0, 0.1) is 12.8 Å². The van der Waals surface area contributed by atoms with Gasteiger partial charge in [-0.2, -0.15) is 0 Å². The summed E-state index contributed by atoms with van der Waals surface area (Å²) in [6, 6.07) is -0.670. The van der Waals surface area contributed by atoms with E-state index in [9.17, 15) is 9.59 Å². The molecule has 3 unspecified atom stereocenters. The molecule has 1 aromatic rings. The highest BCUT2D eigenvalue weighted by Gasteiger charge is 2.33. The molecule has 2 aliphatic rings. The van der Waals surface area contributed by atoms with Gasteiger partial charge in [0, 0.05) is 24.0 Å². The van der Waals surface area contributed by atoms with Crippen molar-refractivity contribution in [1.29, 1.82) is 0 Å². The second-order valence-electron chi connectivity index (χ2n) is 11.9. The summed E-state index contributed by atoms with van der Waals surface area (Å²) in [5.74, 6) is -0.0472. The Morgan fingerprint density at radius 3 is 2.32 bits per heavy atom. The molecule has 3 rings (SSSR count). The molecule has 1 aliphatic heterocycles. The number of aromatic nitrogens is 1. The smallest absolute Gasteiger partial charge is 0.290 e. The Morgan fingerprint density at radius 2 is 1.86 bits per heavy atom. The van der Waals surface area contributed by atoms with Gasteiger partial charge >= 0.3 is 0 Å². The van der Waals surface area contributed by atoms with Crippen LogP contribution in [0.5, 0.6) is 0 Å². The van der Waals surface area contributed by atoms with Gasteiger partial charge in [0.25, 0.3) is 6.47 Å². The number of hydrogen-bond acceptors (Lipinski definition) is 6. The summed E-state index contributed by atoms with van der Waals surface area (Å²) in [6.07, 6.45) is 15.2. The van der Waals surface area contributed by atoms with Gasteiger partial charge in [0.05, 0.1) is 11.0 Å². The molecule has 1 saturated carbocycles. The molecule has 1 saturated heterocycles. The molecule has 1 aromatic heterocycles. The summed E-state index contributed by atoms with van der Waals surface area (Å²) in [6.45, 7) is 19.9. The Bertz CT molecular complexity index is 987. The van der Waals surface area contributed by atoms with Crippen molar-refractivity contribution < 1.29 is 19.5 Å². The van der Waals surface area contributed by atoms with Crippen LogP contribution in [0.3, 0.4) is 0 Å². The lowest BCUT2D eigenvalue weighted by molar-refractivity contribution is -0.137. The van der Waals surface area contributed by atoms with Gasteiger partial charge in [0.15, 0.2) is 0 Å². The normalized spacial score (nSPS) is 17.0. The SMILES string of the molecule is C=CN(CCCc1nc(C)cs1)C(=O)C(NC(=O)C1CCCCN1C)C(C)CC.CCC.CCCC(C)=C1CCC1.O=CO. The molecule has 8 nitrogen and oxygen atoms in total. The van der Waals surface area contributed by atoms with Crippen LogP contribution < -0.4 is 5.32 Å². The number of aryl methyl sites for hydroxylation is 2. The summed E-state index contributed by atoms with van der Waals surface area (Å²) in [5, 5.41) is 13.1. The Hall–Kier alpha value is -2.52. The van der Waals surface area contributed by atoms with Crippen LogP contribution in [-0.2, 0) is 20.8 Å². The van der Waals surface area contributed by atoms with E-state index in [2.05, 4.69) is 49.5 Å². The maximum atomic E-state index is 13.2. The average Bonchev–Trinajstić information content (AvgIpc) is 3.38. The lowest BCUT2D eigenvalue weighted by atomic mass is 9.87. The molecular formula is C35H62N4O4S. The Labute approximate surface area is 272 Å². The number of hydrogen-bond donors (Lipinski definition) is 2. The van der Waals surface area contributed by atoms with Gasteiger partial charge in [-0.25, -0.2) is 4.98 Å². The minimum absolute atomic E-state index is 0.0341. The van der Waals surface area contributed by atoms with Crippen LogP contribution in [0.2, 0.25) is 0 Å². The zero-order chi connectivity index (χ0) is 33.5. The number of carboxylic acid groups (broad SMARTS) is 1. The van der Waals surface area contributed by atoms with Crippen LogP contribution in [0.4, 0.5) is 0 Å². The topological polar surface area (TPSA) is 103 Å². The molecule has 0 bridgehead atoms. The largest absolute Gasteiger partial charge is 0.483 e. The summed E-state index contributed by atoms with van der Waals surface area (Å²) < 4.78 is 0. The predicted molar refractivity (Wildman–Crippen MR) is 185 cm³/mol. The number of carbonyl (C=O) groups is 3. The molecule has 2 amide bonds. The highest BCUT2D eigenvalue weighted by Crippen LogP contribution is 2.30. The molecule has 252 valence electrons. The van der Waals surface area contributed by atoms with E-state index in [1.165, 1.54) is 38.5 Å². The maximum absolute atomic E-state index is 13.2. The predicted octanol–water partition coefficient (Wildman–Crippen LogP) is 7.78. The molecule has 44 heavy (non-hydrogen) atoms. The quantitative estimate of drug-likeness (QED) is 0.180. The minimum atomic E-state index is -0.525. The number of amides is 2. The van der Waals surface area contributed by atoms with Crippen LogP contribution in [0.15, 0.2) is 29.3 Å². The van der Waals surface area contributed by atoms with Crippen LogP contribution >= 0.6 is 11.3 Å². The van der Waals surface area contributed by atoms with Gasteiger partial charge in [-0.3, -0.25) is 19.3 Å². The monoisotopic (exact) mass is 634 g/mol. The van der Waals surface area contributed by atoms with E-state index >= 15 is 0 Å². The summed E-state index contributed by atoms with van der Waals surface area (Å²) >= 11 is 1.65. The van der Waals surface area contributed by atoms with Gasteiger partial charge in [0.2, 0.25) is 11.8 Å². The van der Waals surface area contributed by atoms with Gasteiger partial charge < -0.3 is 15.3 Å². The number of carbonyl (C=O) groups excluding carboxylic acids is 2. The lowest BCUT2D eigenvalue weighted by Gasteiger charge is -2.34. The van der Waals surface area contributed by atoms with Crippen molar-refractivity contribution in [2.75, 3.05) is 20.1 Å². The fraction of sp³-hybridized carbons (Fsp3) is 0.714. The van der Waals surface area contributed by atoms with Crippen molar-refractivity contribution >= 4 is 29.6 Å². The Morgan fingerprint density at radius 1 is 1.23 bits per heavy atom. The number of thiazole rings is 1. The molecule has 1 aliphatic carbocycles. The van der Waals surface area contributed by atoms with Gasteiger partial charge in [-0.1, -0.05) is 78.0 Å². The third kappa shape index (κ3) is 16.0. The summed E-state index contributed by atoms with van der Waals surface area (Å²) in [7, 11) is 1.99. The Balaban J connectivity index is 0.00000101. The van der Waals surface area contributed by atoms with E-state index in [1.54, 1.807) is 33.6 Å². The number of rotatable bonds is 12. The molecule has 0 spiro atoms. The van der Waals surface area contributed by atoms with Crippen molar-refractivity contribution in [3.8, 4) is 0 Å². The molecular weight excluding hydrogens is 572 g/mol. The number of nitrogens with zero attached hydrogens (tertiary/aromatic N) is 3. The van der Waals surface area contributed by atoms with Crippen LogP contribution in [0.1, 0.15) is 123 Å². The first-order valence-corrected chi connectivity index (χ1v) is 17.5. The molecule has 0 radical (unpaired) electrons. The third-order valence-electron chi connectivity index (χ3n) is 8.00. The second kappa shape index (κ2) is 24.8. The summed E-state index contributed by atoms with van der Waals surface area (Å²) in [5.41, 5.74) is 4.45. The van der Waals surface area contributed by atoms with Gasteiger partial charge in [-0.15, -0.1) is 11.3 Å². The van der Waals surface area contributed by atoms with E-state index < -0.39 is 6.04 Å². The van der Waals surface area contributed by atoms with Crippen molar-refractivity contribution in [2.24, 2.45) is 5.92 Å². The first-order chi connectivity index (χ1) is 21.0. The lowest BCUT2D eigenvalue weighted by Crippen LogP contribution is -2.56. The zero-order valence-electron chi connectivity index (χ0n) is 29.0. The number of likely N-dealkylation sites (tertiary alicyclic amines) is 1. The molecule has 2 heterocycles. The average molecular weight is 635 g/mol. The Kier molecular flexibility index (Phi) is 23.3. The van der Waals surface area contributed by atoms with Gasteiger partial charge in [-0.05, 0) is 84.5 Å². The zero-order valence-corrected chi connectivity index (χ0v) is 29.8. The number of likely N-dealkylation sites (N-methyl/N-ethyl adjacent to an activating group) is 1. The van der Waals surface area contributed by atoms with Crippen LogP contribution in [0.25, 0.3) is 0 Å².